The number of pyridine rings is 2. The van der Waals surface area contributed by atoms with Crippen LogP contribution in [0.1, 0.15) is 42.5 Å². The summed E-state index contributed by atoms with van der Waals surface area (Å²) in [4.78, 5) is 31.2. The number of hydrogen-bond acceptors (Lipinski definition) is 4. The second-order valence-corrected chi connectivity index (χ2v) is 10.4. The number of benzene rings is 1. The minimum atomic E-state index is -2.74. The van der Waals surface area contributed by atoms with Crippen molar-refractivity contribution in [1.82, 2.24) is 14.9 Å². The predicted molar refractivity (Wildman–Crippen MR) is 126 cm³/mol. The van der Waals surface area contributed by atoms with Gasteiger partial charge in [0, 0.05) is 36.7 Å². The molecule has 6 nitrogen and oxygen atoms in total. The smallest absolute Gasteiger partial charge is 0.257 e. The molecule has 2 aromatic heterocycles. The Bertz CT molecular complexity index is 1450. The van der Waals surface area contributed by atoms with Gasteiger partial charge >= 0.3 is 0 Å². The average molecular weight is 500 g/mol. The van der Waals surface area contributed by atoms with E-state index in [0.29, 0.717) is 31.1 Å². The largest absolute Gasteiger partial charge is 0.373 e. The molecule has 0 saturated heterocycles. The lowest BCUT2D eigenvalue weighted by Gasteiger charge is -2.59. The van der Waals surface area contributed by atoms with Crippen molar-refractivity contribution in [1.29, 1.82) is 0 Å². The highest BCUT2D eigenvalue weighted by atomic mass is 19.3. The molecule has 2 heterocycles. The van der Waals surface area contributed by atoms with Gasteiger partial charge in [-0.15, -0.1) is 0 Å². The minimum absolute atomic E-state index is 0.0717. The predicted octanol–water partition coefficient (Wildman–Crippen LogP) is 4.65. The third-order valence-corrected chi connectivity index (χ3v) is 8.18. The molecule has 36 heavy (non-hydrogen) atoms. The maximum Gasteiger partial charge on any atom is 0.257 e. The van der Waals surface area contributed by atoms with Gasteiger partial charge in [0.2, 0.25) is 5.43 Å². The zero-order valence-corrected chi connectivity index (χ0v) is 19.5. The Hall–Kier alpha value is -3.43. The second-order valence-electron chi connectivity index (χ2n) is 10.4. The molecule has 2 N–H and O–H groups in total. The second kappa shape index (κ2) is 7.78. The van der Waals surface area contributed by atoms with E-state index >= 15 is 0 Å². The number of aromatic nitrogens is 2. The number of nitrogens with zero attached hydrogens (tertiary/aromatic N) is 2. The lowest BCUT2D eigenvalue weighted by atomic mass is 9.51. The summed E-state index contributed by atoms with van der Waals surface area (Å²) in [6, 6.07) is 6.01. The summed E-state index contributed by atoms with van der Waals surface area (Å²) >= 11 is 0. The fourth-order valence-electron chi connectivity index (χ4n) is 6.73. The van der Waals surface area contributed by atoms with E-state index in [-0.39, 0.29) is 41.0 Å². The molecule has 4 fully saturated rings. The summed E-state index contributed by atoms with van der Waals surface area (Å²) < 4.78 is 59.0. The molecule has 7 rings (SSSR count). The van der Waals surface area contributed by atoms with Crippen molar-refractivity contribution in [3.63, 3.8) is 0 Å². The number of amides is 1. The van der Waals surface area contributed by atoms with Crippen LogP contribution in [0.2, 0.25) is 0 Å². The lowest BCUT2D eigenvalue weighted by molar-refractivity contribution is -0.209. The van der Waals surface area contributed by atoms with Crippen LogP contribution in [0.4, 0.5) is 23.4 Å². The summed E-state index contributed by atoms with van der Waals surface area (Å²) in [5.41, 5.74) is -1.66. The van der Waals surface area contributed by atoms with Crippen LogP contribution in [0.15, 0.2) is 41.3 Å². The number of carbonyl (C=O) groups excluding carboxylic acids is 1. The number of alkyl halides is 2. The Morgan fingerprint density at radius 1 is 1.08 bits per heavy atom. The van der Waals surface area contributed by atoms with Crippen LogP contribution in [0, 0.1) is 29.4 Å². The van der Waals surface area contributed by atoms with E-state index in [2.05, 4.69) is 15.6 Å². The Morgan fingerprint density at radius 3 is 2.47 bits per heavy atom. The van der Waals surface area contributed by atoms with Gasteiger partial charge in [-0.1, -0.05) is 0 Å². The fourth-order valence-corrected chi connectivity index (χ4v) is 6.73. The molecule has 4 bridgehead atoms. The first kappa shape index (κ1) is 23.0. The molecule has 3 aromatic rings. The van der Waals surface area contributed by atoms with Crippen LogP contribution in [0.3, 0.4) is 0 Å². The van der Waals surface area contributed by atoms with Crippen LogP contribution < -0.4 is 16.1 Å². The van der Waals surface area contributed by atoms with Gasteiger partial charge in [0.15, 0.2) is 5.65 Å². The van der Waals surface area contributed by atoms with Crippen molar-refractivity contribution in [2.75, 3.05) is 12.4 Å². The number of anilines is 1. The molecule has 0 spiro atoms. The number of rotatable bonds is 4. The first-order chi connectivity index (χ1) is 17.1. The van der Waals surface area contributed by atoms with Gasteiger partial charge in [0.1, 0.15) is 23.0 Å². The third kappa shape index (κ3) is 3.41. The minimum Gasteiger partial charge on any atom is -0.373 e. The van der Waals surface area contributed by atoms with Crippen molar-refractivity contribution < 1.29 is 22.4 Å². The lowest BCUT2D eigenvalue weighted by Crippen LogP contribution is -2.66. The van der Waals surface area contributed by atoms with Gasteiger partial charge in [-0.05, 0) is 62.3 Å². The molecule has 0 radical (unpaired) electrons. The average Bonchev–Trinajstić information content (AvgIpc) is 2.82. The van der Waals surface area contributed by atoms with E-state index in [9.17, 15) is 27.2 Å². The van der Waals surface area contributed by atoms with Crippen LogP contribution in [-0.4, -0.2) is 34.0 Å². The summed E-state index contributed by atoms with van der Waals surface area (Å²) in [7, 11) is 1.63. The Balaban J connectivity index is 1.45. The number of fused-ring (bicyclic) bond motifs is 1. The topological polar surface area (TPSA) is 76.0 Å². The van der Waals surface area contributed by atoms with Crippen molar-refractivity contribution in [2.24, 2.45) is 17.8 Å². The summed E-state index contributed by atoms with van der Waals surface area (Å²) in [6.07, 6.45) is 3.03. The van der Waals surface area contributed by atoms with Gasteiger partial charge < -0.3 is 10.6 Å². The van der Waals surface area contributed by atoms with Gasteiger partial charge in [0.25, 0.3) is 11.8 Å². The van der Waals surface area contributed by atoms with Crippen molar-refractivity contribution >= 4 is 22.8 Å². The molecule has 2 unspecified atom stereocenters. The van der Waals surface area contributed by atoms with Gasteiger partial charge in [-0.3, -0.25) is 14.2 Å². The van der Waals surface area contributed by atoms with E-state index in [1.165, 1.54) is 22.9 Å². The SMILES string of the molecule is CNc1ccc2c(=O)c(C(=O)NC34CC5CC(C3)C(F)(F)C(C5)C4)cn(-c3ccc(F)cc3F)c2n1. The summed E-state index contributed by atoms with van der Waals surface area (Å²) in [5.74, 6) is -6.14. The normalized spacial score (nSPS) is 27.9. The zero-order valence-electron chi connectivity index (χ0n) is 19.5. The van der Waals surface area contributed by atoms with Gasteiger partial charge in [-0.25, -0.2) is 22.5 Å². The number of hydrogen-bond donors (Lipinski definition) is 2. The Labute approximate surface area is 203 Å². The van der Waals surface area contributed by atoms with Gasteiger partial charge in [0.05, 0.1) is 11.1 Å². The number of nitrogens with one attached hydrogen (secondary N) is 2. The Morgan fingerprint density at radius 2 is 1.81 bits per heavy atom. The van der Waals surface area contributed by atoms with E-state index in [1.807, 2.05) is 0 Å². The highest BCUT2D eigenvalue weighted by Crippen LogP contribution is 2.61. The van der Waals surface area contributed by atoms with Gasteiger partial charge in [-0.2, -0.15) is 0 Å². The highest BCUT2D eigenvalue weighted by molar-refractivity contribution is 5.97. The van der Waals surface area contributed by atoms with Crippen molar-refractivity contribution in [3.05, 3.63) is 63.9 Å². The molecule has 1 aromatic carbocycles. The molecule has 10 heteroatoms. The number of halogens is 4. The fraction of sp³-hybridized carbons (Fsp3) is 0.423. The van der Waals surface area contributed by atoms with E-state index in [0.717, 1.165) is 6.07 Å². The Kier molecular flexibility index (Phi) is 4.97. The molecule has 4 aliphatic rings. The maximum atomic E-state index is 14.8. The maximum absolute atomic E-state index is 14.8. The quantitative estimate of drug-likeness (QED) is 0.512. The molecule has 4 saturated carbocycles. The molecular weight excluding hydrogens is 476 g/mol. The monoisotopic (exact) mass is 500 g/mol. The number of carbonyl (C=O) groups is 1. The molecule has 2 atom stereocenters. The van der Waals surface area contributed by atoms with E-state index in [4.69, 9.17) is 0 Å². The first-order valence-corrected chi connectivity index (χ1v) is 12.0. The summed E-state index contributed by atoms with van der Waals surface area (Å²) in [6.45, 7) is 0. The molecule has 1 amide bonds. The molecule has 0 aliphatic heterocycles. The van der Waals surface area contributed by atoms with Crippen molar-refractivity contribution in [2.45, 2.75) is 43.6 Å². The molecule has 188 valence electrons. The van der Waals surface area contributed by atoms with Crippen LogP contribution >= 0.6 is 0 Å². The highest BCUT2D eigenvalue weighted by Gasteiger charge is 2.64. The zero-order chi connectivity index (χ0) is 25.4. The van der Waals surface area contributed by atoms with E-state index < -0.39 is 46.3 Å². The molecular formula is C26H24F4N4O2. The third-order valence-electron chi connectivity index (χ3n) is 8.18. The standard InChI is InChI=1S/C26H24F4N4O2/c1-31-21-5-3-17-22(35)18(12-34(23(17)32-21)20-4-2-16(27)8-19(20)28)24(36)33-25-9-13-6-14(10-25)26(29,30)15(7-13)11-25/h2-5,8,12-15H,6-7,9-11H2,1H3,(H,31,32)(H,33,36). The first-order valence-electron chi connectivity index (χ1n) is 12.0. The van der Waals surface area contributed by atoms with Crippen molar-refractivity contribution in [3.8, 4) is 5.69 Å². The summed E-state index contributed by atoms with van der Waals surface area (Å²) in [5, 5.41) is 5.86. The van der Waals surface area contributed by atoms with Crippen LogP contribution in [0.5, 0.6) is 0 Å². The molecule has 4 aliphatic carbocycles. The van der Waals surface area contributed by atoms with Crippen LogP contribution in [0.25, 0.3) is 16.7 Å². The van der Waals surface area contributed by atoms with E-state index in [1.54, 1.807) is 13.1 Å². The van der Waals surface area contributed by atoms with Crippen LogP contribution in [-0.2, 0) is 0 Å².